The minimum atomic E-state index is 0.317. The number of hydrogen-bond acceptors (Lipinski definition) is 4. The molecule has 19 heavy (non-hydrogen) atoms. The van der Waals surface area contributed by atoms with Crippen molar-refractivity contribution in [3.05, 3.63) is 52.1 Å². The highest BCUT2D eigenvalue weighted by atomic mass is 35.5. The molecule has 0 aliphatic carbocycles. The first-order valence-corrected chi connectivity index (χ1v) is 6.08. The highest BCUT2D eigenvalue weighted by Crippen LogP contribution is 2.25. The van der Waals surface area contributed by atoms with Crippen LogP contribution in [0.25, 0.3) is 0 Å². The van der Waals surface area contributed by atoms with Crippen LogP contribution in [0.15, 0.2) is 24.5 Å². The van der Waals surface area contributed by atoms with Gasteiger partial charge in [-0.3, -0.25) is 4.98 Å². The van der Waals surface area contributed by atoms with E-state index in [4.69, 9.17) is 21.6 Å². The van der Waals surface area contributed by atoms with E-state index in [0.29, 0.717) is 23.0 Å². The standard InChI is InChI=1S/C14H12ClN3O/c1-9-3-11(5-16)4-10(2)14(9)19-8-12-6-18-13(15)7-17-12/h3-4,6-7H,8H2,1-2H3. The number of halogens is 1. The van der Waals surface area contributed by atoms with Gasteiger partial charge in [-0.15, -0.1) is 0 Å². The SMILES string of the molecule is Cc1cc(C#N)cc(C)c1OCc1cnc(Cl)cn1. The van der Waals surface area contributed by atoms with E-state index in [2.05, 4.69) is 16.0 Å². The van der Waals surface area contributed by atoms with E-state index in [1.165, 1.54) is 6.20 Å². The topological polar surface area (TPSA) is 58.8 Å². The summed E-state index contributed by atoms with van der Waals surface area (Å²) in [5, 5.41) is 9.25. The lowest BCUT2D eigenvalue weighted by Gasteiger charge is -2.12. The largest absolute Gasteiger partial charge is 0.487 e. The zero-order valence-electron chi connectivity index (χ0n) is 10.6. The maximum absolute atomic E-state index is 8.89. The molecule has 2 aromatic rings. The molecule has 0 fully saturated rings. The van der Waals surface area contributed by atoms with Gasteiger partial charge >= 0.3 is 0 Å². The van der Waals surface area contributed by atoms with Gasteiger partial charge < -0.3 is 4.74 Å². The van der Waals surface area contributed by atoms with Crippen molar-refractivity contribution in [1.82, 2.24) is 9.97 Å². The molecule has 96 valence electrons. The van der Waals surface area contributed by atoms with Gasteiger partial charge in [-0.2, -0.15) is 5.26 Å². The van der Waals surface area contributed by atoms with Gasteiger partial charge in [-0.1, -0.05) is 11.6 Å². The van der Waals surface area contributed by atoms with Gasteiger partial charge in [0.1, 0.15) is 17.5 Å². The molecule has 0 saturated carbocycles. The Kier molecular flexibility index (Phi) is 3.98. The number of benzene rings is 1. The van der Waals surface area contributed by atoms with Crippen molar-refractivity contribution in [3.63, 3.8) is 0 Å². The molecule has 0 atom stereocenters. The Bertz CT molecular complexity index is 609. The molecule has 4 nitrogen and oxygen atoms in total. The minimum Gasteiger partial charge on any atom is -0.487 e. The summed E-state index contributed by atoms with van der Waals surface area (Å²) in [7, 11) is 0. The lowest BCUT2D eigenvalue weighted by Crippen LogP contribution is -2.02. The van der Waals surface area contributed by atoms with Crippen molar-refractivity contribution in [2.75, 3.05) is 0 Å². The van der Waals surface area contributed by atoms with Crippen molar-refractivity contribution < 1.29 is 4.74 Å². The maximum atomic E-state index is 8.89. The Morgan fingerprint density at radius 1 is 1.21 bits per heavy atom. The van der Waals surface area contributed by atoms with E-state index in [-0.39, 0.29) is 0 Å². The summed E-state index contributed by atoms with van der Waals surface area (Å²) in [4.78, 5) is 8.06. The molecular weight excluding hydrogens is 262 g/mol. The fraction of sp³-hybridized carbons (Fsp3) is 0.214. The molecule has 0 unspecified atom stereocenters. The number of ether oxygens (including phenoxy) is 1. The molecule has 1 aromatic heterocycles. The van der Waals surface area contributed by atoms with Crippen LogP contribution >= 0.6 is 11.6 Å². The summed E-state index contributed by atoms with van der Waals surface area (Å²) >= 11 is 5.67. The quantitative estimate of drug-likeness (QED) is 0.862. The van der Waals surface area contributed by atoms with Gasteiger partial charge in [0.15, 0.2) is 0 Å². The van der Waals surface area contributed by atoms with Crippen molar-refractivity contribution in [1.29, 1.82) is 5.26 Å². The number of nitriles is 1. The van der Waals surface area contributed by atoms with E-state index >= 15 is 0 Å². The van der Waals surface area contributed by atoms with Crippen molar-refractivity contribution in [2.45, 2.75) is 20.5 Å². The highest BCUT2D eigenvalue weighted by Gasteiger charge is 2.07. The van der Waals surface area contributed by atoms with E-state index in [9.17, 15) is 0 Å². The molecule has 2 rings (SSSR count). The summed E-state index contributed by atoms with van der Waals surface area (Å²) in [6, 6.07) is 5.73. The van der Waals surface area contributed by atoms with Crippen molar-refractivity contribution in [2.24, 2.45) is 0 Å². The van der Waals surface area contributed by atoms with E-state index < -0.39 is 0 Å². The van der Waals surface area contributed by atoms with Crippen LogP contribution in [0.5, 0.6) is 5.75 Å². The molecule has 0 aliphatic rings. The zero-order chi connectivity index (χ0) is 13.8. The molecule has 0 radical (unpaired) electrons. The van der Waals surface area contributed by atoms with Crippen LogP contribution < -0.4 is 4.74 Å². The van der Waals surface area contributed by atoms with Gasteiger partial charge in [-0.25, -0.2) is 4.98 Å². The Morgan fingerprint density at radius 2 is 1.89 bits per heavy atom. The molecule has 1 heterocycles. The fourth-order valence-corrected chi connectivity index (χ4v) is 1.90. The van der Waals surface area contributed by atoms with Gasteiger partial charge in [-0.05, 0) is 37.1 Å². The number of aryl methyl sites for hydroxylation is 2. The summed E-state index contributed by atoms with van der Waals surface area (Å²) in [6.45, 7) is 4.14. The Hall–Kier alpha value is -2.12. The molecule has 5 heteroatoms. The summed E-state index contributed by atoms with van der Waals surface area (Å²) in [5.74, 6) is 0.774. The molecule has 0 saturated heterocycles. The summed E-state index contributed by atoms with van der Waals surface area (Å²) in [5.41, 5.74) is 3.19. The first kappa shape index (κ1) is 13.3. The second-order valence-electron chi connectivity index (χ2n) is 4.17. The number of aromatic nitrogens is 2. The van der Waals surface area contributed by atoms with Crippen LogP contribution in [-0.4, -0.2) is 9.97 Å². The predicted molar refractivity (Wildman–Crippen MR) is 72.0 cm³/mol. The lowest BCUT2D eigenvalue weighted by atomic mass is 10.1. The maximum Gasteiger partial charge on any atom is 0.147 e. The Balaban J connectivity index is 2.16. The third kappa shape index (κ3) is 3.21. The Labute approximate surface area is 116 Å². The Morgan fingerprint density at radius 3 is 2.42 bits per heavy atom. The van der Waals surface area contributed by atoms with Gasteiger partial charge in [0.2, 0.25) is 0 Å². The van der Waals surface area contributed by atoms with Crippen LogP contribution in [0.1, 0.15) is 22.4 Å². The van der Waals surface area contributed by atoms with Gasteiger partial charge in [0.25, 0.3) is 0 Å². The van der Waals surface area contributed by atoms with Crippen LogP contribution in [0.4, 0.5) is 0 Å². The summed E-state index contributed by atoms with van der Waals surface area (Å²) < 4.78 is 5.74. The molecule has 0 N–H and O–H groups in total. The first-order valence-electron chi connectivity index (χ1n) is 5.70. The zero-order valence-corrected chi connectivity index (χ0v) is 11.4. The van der Waals surface area contributed by atoms with Crippen molar-refractivity contribution >= 4 is 11.6 Å². The third-order valence-corrected chi connectivity index (χ3v) is 2.82. The third-order valence-electron chi connectivity index (χ3n) is 2.63. The minimum absolute atomic E-state index is 0.317. The number of nitrogens with zero attached hydrogens (tertiary/aromatic N) is 3. The highest BCUT2D eigenvalue weighted by molar-refractivity contribution is 6.29. The lowest BCUT2D eigenvalue weighted by molar-refractivity contribution is 0.296. The average molecular weight is 274 g/mol. The molecule has 0 bridgehead atoms. The monoisotopic (exact) mass is 273 g/mol. The van der Waals surface area contributed by atoms with Crippen LogP contribution in [0.2, 0.25) is 5.15 Å². The average Bonchev–Trinajstić information content (AvgIpc) is 2.39. The number of hydrogen-bond donors (Lipinski definition) is 0. The molecule has 1 aromatic carbocycles. The normalized spacial score (nSPS) is 10.0. The molecular formula is C14H12ClN3O. The number of rotatable bonds is 3. The molecule has 0 spiro atoms. The van der Waals surface area contributed by atoms with E-state index in [1.807, 2.05) is 13.8 Å². The van der Waals surface area contributed by atoms with Crippen LogP contribution in [0.3, 0.4) is 0 Å². The van der Waals surface area contributed by atoms with Crippen LogP contribution in [-0.2, 0) is 6.61 Å². The van der Waals surface area contributed by atoms with E-state index in [0.717, 1.165) is 16.9 Å². The van der Waals surface area contributed by atoms with Gasteiger partial charge in [0, 0.05) is 0 Å². The fourth-order valence-electron chi connectivity index (χ4n) is 1.80. The summed E-state index contributed by atoms with van der Waals surface area (Å²) in [6.07, 6.45) is 3.06. The van der Waals surface area contributed by atoms with Crippen LogP contribution in [0, 0.1) is 25.2 Å². The molecule has 0 amide bonds. The van der Waals surface area contributed by atoms with Crippen molar-refractivity contribution in [3.8, 4) is 11.8 Å². The smallest absolute Gasteiger partial charge is 0.147 e. The first-order chi connectivity index (χ1) is 9.10. The van der Waals surface area contributed by atoms with Gasteiger partial charge in [0.05, 0.1) is 29.7 Å². The second-order valence-corrected chi connectivity index (χ2v) is 4.56. The molecule has 0 aliphatic heterocycles. The second kappa shape index (κ2) is 5.68. The predicted octanol–water partition coefficient (Wildman–Crippen LogP) is 3.20. The van der Waals surface area contributed by atoms with E-state index in [1.54, 1.807) is 18.3 Å².